The molecular weight excluding hydrogens is 300 g/mol. The van der Waals surface area contributed by atoms with Crippen molar-refractivity contribution in [2.24, 2.45) is 0 Å². The van der Waals surface area contributed by atoms with E-state index in [0.29, 0.717) is 6.04 Å². The fraction of sp³-hybridized carbons (Fsp3) is 0.412. The molecule has 1 unspecified atom stereocenters. The predicted molar refractivity (Wildman–Crippen MR) is 91.2 cm³/mol. The average Bonchev–Trinajstić information content (AvgIpc) is 3.13. The van der Waals surface area contributed by atoms with Crippen molar-refractivity contribution in [3.05, 3.63) is 57.2 Å². The van der Waals surface area contributed by atoms with Crippen LogP contribution in [-0.2, 0) is 13.0 Å². The van der Waals surface area contributed by atoms with Crippen molar-refractivity contribution in [2.75, 3.05) is 19.6 Å². The molecule has 2 nitrogen and oxygen atoms in total. The standard InChI is InChI=1S/C17H21ClN2S/c18-17-7-6-16(21-17)12-19-15-9-11-20(13-15)10-8-14-4-2-1-3-5-14/h1-7,15,19H,8-13H2. The number of halogens is 1. The molecule has 0 radical (unpaired) electrons. The molecular formula is C17H21ClN2S. The van der Waals surface area contributed by atoms with E-state index in [1.54, 1.807) is 11.3 Å². The molecule has 2 aromatic rings. The van der Waals surface area contributed by atoms with Crippen LogP contribution in [0.15, 0.2) is 42.5 Å². The van der Waals surface area contributed by atoms with E-state index >= 15 is 0 Å². The van der Waals surface area contributed by atoms with Crippen molar-refractivity contribution in [3.63, 3.8) is 0 Å². The number of hydrogen-bond donors (Lipinski definition) is 1. The minimum Gasteiger partial charge on any atom is -0.308 e. The summed E-state index contributed by atoms with van der Waals surface area (Å²) in [6.07, 6.45) is 2.39. The Kier molecular flexibility index (Phi) is 5.31. The van der Waals surface area contributed by atoms with E-state index in [9.17, 15) is 0 Å². The van der Waals surface area contributed by atoms with Gasteiger partial charge in [0.05, 0.1) is 4.34 Å². The van der Waals surface area contributed by atoms with Gasteiger partial charge in [0, 0.05) is 30.6 Å². The van der Waals surface area contributed by atoms with Crippen LogP contribution in [0.4, 0.5) is 0 Å². The number of likely N-dealkylation sites (tertiary alicyclic amines) is 1. The average molecular weight is 321 g/mol. The Hall–Kier alpha value is -0.870. The summed E-state index contributed by atoms with van der Waals surface area (Å²) in [5.74, 6) is 0. The van der Waals surface area contributed by atoms with Gasteiger partial charge in [-0.15, -0.1) is 11.3 Å². The maximum Gasteiger partial charge on any atom is 0.0931 e. The summed E-state index contributed by atoms with van der Waals surface area (Å²) in [6, 6.07) is 15.5. The molecule has 0 saturated carbocycles. The van der Waals surface area contributed by atoms with Gasteiger partial charge in [0.15, 0.2) is 0 Å². The highest BCUT2D eigenvalue weighted by atomic mass is 35.5. The van der Waals surface area contributed by atoms with Gasteiger partial charge in [-0.1, -0.05) is 41.9 Å². The zero-order chi connectivity index (χ0) is 14.5. The summed E-state index contributed by atoms with van der Waals surface area (Å²) in [7, 11) is 0. The first-order chi connectivity index (χ1) is 10.3. The number of rotatable bonds is 6. The second-order valence-electron chi connectivity index (χ2n) is 5.61. The van der Waals surface area contributed by atoms with Gasteiger partial charge >= 0.3 is 0 Å². The van der Waals surface area contributed by atoms with Crippen LogP contribution in [0.1, 0.15) is 16.9 Å². The van der Waals surface area contributed by atoms with Gasteiger partial charge < -0.3 is 10.2 Å². The second-order valence-corrected chi connectivity index (χ2v) is 7.41. The molecule has 1 aliphatic heterocycles. The molecule has 1 aromatic heterocycles. The number of nitrogens with one attached hydrogen (secondary N) is 1. The highest BCUT2D eigenvalue weighted by Gasteiger charge is 2.21. The van der Waals surface area contributed by atoms with Crippen LogP contribution in [0.5, 0.6) is 0 Å². The summed E-state index contributed by atoms with van der Waals surface area (Å²) in [5.41, 5.74) is 1.43. The van der Waals surface area contributed by atoms with E-state index in [2.05, 4.69) is 46.6 Å². The highest BCUT2D eigenvalue weighted by molar-refractivity contribution is 7.16. The molecule has 0 amide bonds. The molecule has 21 heavy (non-hydrogen) atoms. The van der Waals surface area contributed by atoms with Gasteiger partial charge in [0.1, 0.15) is 0 Å². The van der Waals surface area contributed by atoms with Crippen molar-refractivity contribution in [1.82, 2.24) is 10.2 Å². The number of nitrogens with zero attached hydrogens (tertiary/aromatic N) is 1. The third-order valence-electron chi connectivity index (χ3n) is 4.03. The van der Waals surface area contributed by atoms with Crippen LogP contribution >= 0.6 is 22.9 Å². The number of benzene rings is 1. The van der Waals surface area contributed by atoms with Crippen molar-refractivity contribution < 1.29 is 0 Å². The lowest BCUT2D eigenvalue weighted by Crippen LogP contribution is -2.32. The van der Waals surface area contributed by atoms with E-state index in [1.165, 1.54) is 23.4 Å². The van der Waals surface area contributed by atoms with Crippen LogP contribution in [0.3, 0.4) is 0 Å². The van der Waals surface area contributed by atoms with E-state index in [4.69, 9.17) is 11.6 Å². The van der Waals surface area contributed by atoms with Crippen molar-refractivity contribution >= 4 is 22.9 Å². The predicted octanol–water partition coefficient (Wildman–Crippen LogP) is 3.81. The van der Waals surface area contributed by atoms with Crippen LogP contribution < -0.4 is 5.32 Å². The van der Waals surface area contributed by atoms with Gasteiger partial charge in [-0.25, -0.2) is 0 Å². The Bertz CT molecular complexity index is 555. The molecule has 112 valence electrons. The van der Waals surface area contributed by atoms with E-state index in [-0.39, 0.29) is 0 Å². The molecule has 3 rings (SSSR count). The summed E-state index contributed by atoms with van der Waals surface area (Å²) >= 11 is 7.63. The fourth-order valence-electron chi connectivity index (χ4n) is 2.83. The lowest BCUT2D eigenvalue weighted by Gasteiger charge is -2.16. The Morgan fingerprint density at radius 1 is 1.19 bits per heavy atom. The van der Waals surface area contributed by atoms with Crippen LogP contribution in [0, 0.1) is 0 Å². The maximum absolute atomic E-state index is 5.96. The van der Waals surface area contributed by atoms with Crippen molar-refractivity contribution in [3.8, 4) is 0 Å². The number of hydrogen-bond acceptors (Lipinski definition) is 3. The monoisotopic (exact) mass is 320 g/mol. The molecule has 1 atom stereocenters. The zero-order valence-corrected chi connectivity index (χ0v) is 13.7. The number of thiophene rings is 1. The summed E-state index contributed by atoms with van der Waals surface area (Å²) < 4.78 is 0.878. The summed E-state index contributed by atoms with van der Waals surface area (Å²) in [6.45, 7) is 4.46. The normalized spacial score (nSPS) is 19.2. The van der Waals surface area contributed by atoms with Gasteiger partial charge in [0.25, 0.3) is 0 Å². The quantitative estimate of drug-likeness (QED) is 0.870. The first-order valence-corrected chi connectivity index (χ1v) is 8.73. The van der Waals surface area contributed by atoms with Crippen molar-refractivity contribution in [2.45, 2.75) is 25.4 Å². The molecule has 2 heterocycles. The third-order valence-corrected chi connectivity index (χ3v) is 5.26. The minimum atomic E-state index is 0.613. The molecule has 1 fully saturated rings. The van der Waals surface area contributed by atoms with Gasteiger partial charge in [0.2, 0.25) is 0 Å². The molecule has 1 aliphatic rings. The largest absolute Gasteiger partial charge is 0.308 e. The maximum atomic E-state index is 5.96. The molecule has 0 spiro atoms. The molecule has 1 saturated heterocycles. The first kappa shape index (κ1) is 15.0. The second kappa shape index (κ2) is 7.41. The van der Waals surface area contributed by atoms with Crippen LogP contribution in [-0.4, -0.2) is 30.6 Å². The summed E-state index contributed by atoms with van der Waals surface area (Å²) in [5, 5.41) is 3.65. The third kappa shape index (κ3) is 4.55. The van der Waals surface area contributed by atoms with Gasteiger partial charge in [-0.2, -0.15) is 0 Å². The van der Waals surface area contributed by atoms with Crippen molar-refractivity contribution in [1.29, 1.82) is 0 Å². The first-order valence-electron chi connectivity index (χ1n) is 7.53. The Morgan fingerprint density at radius 3 is 2.81 bits per heavy atom. The van der Waals surface area contributed by atoms with Crippen LogP contribution in [0.2, 0.25) is 4.34 Å². The molecule has 0 bridgehead atoms. The molecule has 0 aliphatic carbocycles. The minimum absolute atomic E-state index is 0.613. The lowest BCUT2D eigenvalue weighted by molar-refractivity contribution is 0.331. The Morgan fingerprint density at radius 2 is 2.05 bits per heavy atom. The van der Waals surface area contributed by atoms with Gasteiger partial charge in [-0.05, 0) is 37.1 Å². The molecule has 1 N–H and O–H groups in total. The van der Waals surface area contributed by atoms with E-state index < -0.39 is 0 Å². The fourth-order valence-corrected chi connectivity index (χ4v) is 3.86. The van der Waals surface area contributed by atoms with Crippen LogP contribution in [0.25, 0.3) is 0 Å². The smallest absolute Gasteiger partial charge is 0.0931 e. The van der Waals surface area contributed by atoms with E-state index in [0.717, 1.165) is 30.4 Å². The Labute approximate surface area is 135 Å². The molecule has 4 heteroatoms. The SMILES string of the molecule is Clc1ccc(CNC2CCN(CCc3ccccc3)C2)s1. The van der Waals surface area contributed by atoms with Gasteiger partial charge in [-0.3, -0.25) is 0 Å². The highest BCUT2D eigenvalue weighted by Crippen LogP contribution is 2.21. The van der Waals surface area contributed by atoms with E-state index in [1.807, 2.05) is 6.07 Å². The lowest BCUT2D eigenvalue weighted by atomic mass is 10.1. The topological polar surface area (TPSA) is 15.3 Å². The summed E-state index contributed by atoms with van der Waals surface area (Å²) in [4.78, 5) is 3.88. The zero-order valence-electron chi connectivity index (χ0n) is 12.1. The Balaban J connectivity index is 1.39. The molecule has 1 aromatic carbocycles.